The second-order valence-corrected chi connectivity index (χ2v) is 6.82. The molecule has 6 nitrogen and oxygen atoms in total. The van der Waals surface area contributed by atoms with Crippen LogP contribution in [-0.2, 0) is 9.84 Å². The fourth-order valence-corrected chi connectivity index (χ4v) is 3.79. The molecule has 0 amide bonds. The van der Waals surface area contributed by atoms with Crippen LogP contribution in [0, 0.1) is 13.8 Å². The van der Waals surface area contributed by atoms with E-state index in [4.69, 9.17) is 0 Å². The predicted octanol–water partition coefficient (Wildman–Crippen LogP) is 0.734. The van der Waals surface area contributed by atoms with Crippen molar-refractivity contribution in [3.8, 4) is 0 Å². The van der Waals surface area contributed by atoms with Gasteiger partial charge in [-0.2, -0.15) is 0 Å². The Bertz CT molecular complexity index is 556. The van der Waals surface area contributed by atoms with E-state index < -0.39 is 9.84 Å². The van der Waals surface area contributed by atoms with Gasteiger partial charge in [0.1, 0.15) is 17.5 Å². The van der Waals surface area contributed by atoms with Crippen molar-refractivity contribution in [2.45, 2.75) is 26.3 Å². The Kier molecular flexibility index (Phi) is 3.43. The lowest BCUT2D eigenvalue weighted by molar-refractivity contribution is 0.602. The molecule has 1 fully saturated rings. The zero-order chi connectivity index (χ0) is 13.3. The summed E-state index contributed by atoms with van der Waals surface area (Å²) < 4.78 is 22.8. The van der Waals surface area contributed by atoms with E-state index in [1.807, 2.05) is 13.8 Å². The number of hydrogen-bond donors (Lipinski definition) is 2. The highest BCUT2D eigenvalue weighted by Crippen LogP contribution is 2.22. The van der Waals surface area contributed by atoms with Gasteiger partial charge in [0.05, 0.1) is 11.5 Å². The maximum absolute atomic E-state index is 11.4. The summed E-state index contributed by atoms with van der Waals surface area (Å²) in [5.74, 6) is 2.59. The van der Waals surface area contributed by atoms with Crippen molar-refractivity contribution in [1.29, 1.82) is 0 Å². The molecule has 0 bridgehead atoms. The molecule has 2 heterocycles. The summed E-state index contributed by atoms with van der Waals surface area (Å²) in [7, 11) is -1.07. The molecule has 2 rings (SSSR count). The number of nitrogens with one attached hydrogen (secondary N) is 2. The second-order valence-electron chi connectivity index (χ2n) is 4.59. The summed E-state index contributed by atoms with van der Waals surface area (Å²) in [5.41, 5.74) is 0.910. The maximum atomic E-state index is 11.4. The van der Waals surface area contributed by atoms with Crippen LogP contribution in [0.3, 0.4) is 0 Å². The summed E-state index contributed by atoms with van der Waals surface area (Å²) in [4.78, 5) is 8.61. The molecule has 1 unspecified atom stereocenters. The summed E-state index contributed by atoms with van der Waals surface area (Å²) >= 11 is 0. The van der Waals surface area contributed by atoms with E-state index in [0.29, 0.717) is 18.1 Å². The number of nitrogens with zero attached hydrogens (tertiary/aromatic N) is 2. The minimum absolute atomic E-state index is 0.0484. The molecule has 1 aliphatic heterocycles. The van der Waals surface area contributed by atoms with Crippen LogP contribution in [0.2, 0.25) is 0 Å². The zero-order valence-electron chi connectivity index (χ0n) is 10.8. The molecule has 0 spiro atoms. The van der Waals surface area contributed by atoms with Crippen molar-refractivity contribution in [3.05, 3.63) is 11.4 Å². The van der Waals surface area contributed by atoms with Crippen LogP contribution in [0.25, 0.3) is 0 Å². The van der Waals surface area contributed by atoms with E-state index in [0.717, 1.165) is 11.4 Å². The molecule has 7 heteroatoms. The Morgan fingerprint density at radius 3 is 2.44 bits per heavy atom. The molecule has 1 atom stereocenters. The van der Waals surface area contributed by atoms with Crippen molar-refractivity contribution in [2.24, 2.45) is 0 Å². The van der Waals surface area contributed by atoms with E-state index in [-0.39, 0.29) is 17.5 Å². The van der Waals surface area contributed by atoms with E-state index in [9.17, 15) is 8.42 Å². The quantitative estimate of drug-likeness (QED) is 0.842. The first-order valence-electron chi connectivity index (χ1n) is 5.91. The molecule has 0 aromatic carbocycles. The normalized spacial score (nSPS) is 21.8. The molecule has 0 aliphatic carbocycles. The SMILES string of the molecule is CNc1nc(C)nc(NC2CCS(=O)(=O)C2)c1C. The highest BCUT2D eigenvalue weighted by molar-refractivity contribution is 7.91. The van der Waals surface area contributed by atoms with Crippen LogP contribution in [-0.4, -0.2) is 43.0 Å². The van der Waals surface area contributed by atoms with Gasteiger partial charge >= 0.3 is 0 Å². The minimum atomic E-state index is -2.88. The molecule has 1 saturated heterocycles. The third-order valence-electron chi connectivity index (χ3n) is 3.07. The van der Waals surface area contributed by atoms with Gasteiger partial charge in [-0.05, 0) is 20.3 Å². The highest BCUT2D eigenvalue weighted by Gasteiger charge is 2.28. The third-order valence-corrected chi connectivity index (χ3v) is 4.84. The molecular formula is C11H18N4O2S. The smallest absolute Gasteiger partial charge is 0.152 e. The van der Waals surface area contributed by atoms with E-state index in [1.54, 1.807) is 7.05 Å². The van der Waals surface area contributed by atoms with Crippen LogP contribution in [0.4, 0.5) is 11.6 Å². The van der Waals surface area contributed by atoms with Gasteiger partial charge < -0.3 is 10.6 Å². The molecule has 100 valence electrons. The first-order chi connectivity index (χ1) is 8.41. The van der Waals surface area contributed by atoms with Crippen molar-refractivity contribution >= 4 is 21.5 Å². The van der Waals surface area contributed by atoms with E-state index in [1.165, 1.54) is 0 Å². The average molecular weight is 270 g/mol. The van der Waals surface area contributed by atoms with Crippen LogP contribution < -0.4 is 10.6 Å². The van der Waals surface area contributed by atoms with Gasteiger partial charge in [0, 0.05) is 18.7 Å². The van der Waals surface area contributed by atoms with Crippen molar-refractivity contribution in [3.63, 3.8) is 0 Å². The van der Waals surface area contributed by atoms with Gasteiger partial charge in [0.15, 0.2) is 9.84 Å². The molecule has 1 aromatic heterocycles. The Hall–Kier alpha value is -1.37. The second kappa shape index (κ2) is 4.72. The van der Waals surface area contributed by atoms with Crippen LogP contribution in [0.1, 0.15) is 17.8 Å². The minimum Gasteiger partial charge on any atom is -0.373 e. The van der Waals surface area contributed by atoms with Crippen molar-refractivity contribution in [2.75, 3.05) is 29.2 Å². The standard InChI is InChI=1S/C11H18N4O2S/c1-7-10(12-3)13-8(2)14-11(7)15-9-4-5-18(16,17)6-9/h9H,4-6H2,1-3H3,(H2,12,13,14,15). The Labute approximate surface area is 107 Å². The Balaban J connectivity index is 2.22. The first-order valence-corrected chi connectivity index (χ1v) is 7.73. The van der Waals surface area contributed by atoms with Gasteiger partial charge in [-0.1, -0.05) is 0 Å². The molecule has 2 N–H and O–H groups in total. The Morgan fingerprint density at radius 1 is 1.22 bits per heavy atom. The summed E-state index contributed by atoms with van der Waals surface area (Å²) in [6.45, 7) is 3.73. The molecule has 18 heavy (non-hydrogen) atoms. The summed E-state index contributed by atoms with van der Waals surface area (Å²) in [6.07, 6.45) is 0.639. The van der Waals surface area contributed by atoms with Crippen molar-refractivity contribution < 1.29 is 8.42 Å². The van der Waals surface area contributed by atoms with Gasteiger partial charge in [-0.15, -0.1) is 0 Å². The number of aryl methyl sites for hydroxylation is 1. The molecule has 0 saturated carbocycles. The maximum Gasteiger partial charge on any atom is 0.152 e. The lowest BCUT2D eigenvalue weighted by Crippen LogP contribution is -2.22. The average Bonchev–Trinajstić information content (AvgIpc) is 2.62. The van der Waals surface area contributed by atoms with Gasteiger partial charge in [0.2, 0.25) is 0 Å². The first kappa shape index (κ1) is 13.1. The van der Waals surface area contributed by atoms with E-state index in [2.05, 4.69) is 20.6 Å². The number of rotatable bonds is 3. The fourth-order valence-electron chi connectivity index (χ4n) is 2.11. The topological polar surface area (TPSA) is 84.0 Å². The molecule has 1 aromatic rings. The number of aromatic nitrogens is 2. The molecule has 1 aliphatic rings. The lowest BCUT2D eigenvalue weighted by atomic mass is 10.2. The van der Waals surface area contributed by atoms with Gasteiger partial charge in [0.25, 0.3) is 0 Å². The van der Waals surface area contributed by atoms with Crippen molar-refractivity contribution in [1.82, 2.24) is 9.97 Å². The number of anilines is 2. The lowest BCUT2D eigenvalue weighted by Gasteiger charge is -2.16. The van der Waals surface area contributed by atoms with Gasteiger partial charge in [-0.3, -0.25) is 0 Å². The monoisotopic (exact) mass is 270 g/mol. The van der Waals surface area contributed by atoms with Crippen LogP contribution in [0.15, 0.2) is 0 Å². The predicted molar refractivity (Wildman–Crippen MR) is 71.7 cm³/mol. The zero-order valence-corrected chi connectivity index (χ0v) is 11.6. The molecule has 0 radical (unpaired) electrons. The van der Waals surface area contributed by atoms with Crippen LogP contribution in [0.5, 0.6) is 0 Å². The summed E-state index contributed by atoms with van der Waals surface area (Å²) in [5, 5.41) is 6.22. The van der Waals surface area contributed by atoms with E-state index >= 15 is 0 Å². The largest absolute Gasteiger partial charge is 0.373 e. The number of hydrogen-bond acceptors (Lipinski definition) is 6. The summed E-state index contributed by atoms with van der Waals surface area (Å²) in [6, 6.07) is -0.0484. The highest BCUT2D eigenvalue weighted by atomic mass is 32.2. The number of sulfone groups is 1. The third kappa shape index (κ3) is 2.72. The molecular weight excluding hydrogens is 252 g/mol. The van der Waals surface area contributed by atoms with Gasteiger partial charge in [-0.25, -0.2) is 18.4 Å². The Morgan fingerprint density at radius 2 is 1.89 bits per heavy atom. The fraction of sp³-hybridized carbons (Fsp3) is 0.636. The van der Waals surface area contributed by atoms with Crippen LogP contribution >= 0.6 is 0 Å².